The highest BCUT2D eigenvalue weighted by Gasteiger charge is 2.13. The number of allylic oxidation sites excluding steroid dienone is 1. The average molecular weight is 371 g/mol. The lowest BCUT2D eigenvalue weighted by atomic mass is 10.1. The molecule has 0 saturated heterocycles. The summed E-state index contributed by atoms with van der Waals surface area (Å²) < 4.78 is 10.8. The quantitative estimate of drug-likeness (QED) is 0.288. The fraction of sp³-hybridized carbons (Fsp3) is 0.0870. The van der Waals surface area contributed by atoms with Gasteiger partial charge in [-0.25, -0.2) is 4.79 Å². The van der Waals surface area contributed by atoms with E-state index in [0.29, 0.717) is 33.9 Å². The summed E-state index contributed by atoms with van der Waals surface area (Å²) >= 11 is 0. The molecule has 138 valence electrons. The third-order valence-corrected chi connectivity index (χ3v) is 4.43. The Labute approximate surface area is 161 Å². The molecule has 0 aliphatic rings. The van der Waals surface area contributed by atoms with Crippen molar-refractivity contribution in [3.8, 4) is 11.3 Å². The number of nitrogens with zero attached hydrogens (tertiary/aromatic N) is 1. The van der Waals surface area contributed by atoms with Gasteiger partial charge in [-0.15, -0.1) is 0 Å². The Morgan fingerprint density at radius 3 is 2.57 bits per heavy atom. The molecular formula is C23H17NO4. The largest absolute Gasteiger partial charge is 0.462 e. The lowest BCUT2D eigenvalue weighted by Crippen LogP contribution is -2.06. The molecule has 1 aromatic carbocycles. The van der Waals surface area contributed by atoms with Crippen LogP contribution in [0.15, 0.2) is 74.3 Å². The van der Waals surface area contributed by atoms with Crippen LogP contribution in [0.25, 0.3) is 28.3 Å². The third kappa shape index (κ3) is 3.42. The van der Waals surface area contributed by atoms with Gasteiger partial charge >= 0.3 is 5.63 Å². The number of fused-ring (bicyclic) bond motifs is 1. The minimum atomic E-state index is -0.460. The van der Waals surface area contributed by atoms with E-state index < -0.39 is 5.63 Å². The van der Waals surface area contributed by atoms with Crippen LogP contribution in [0.2, 0.25) is 0 Å². The SMILES string of the molecule is Cc1ccc(/C=C/C(=O)c2ccc(-c3cc4ccccc4oc3=O)nc2C)o1. The van der Waals surface area contributed by atoms with Crippen molar-refractivity contribution >= 4 is 22.8 Å². The number of carbonyl (C=O) groups is 1. The summed E-state index contributed by atoms with van der Waals surface area (Å²) in [6, 6.07) is 16.0. The molecule has 0 fully saturated rings. The zero-order chi connectivity index (χ0) is 19.7. The number of rotatable bonds is 4. The number of pyridine rings is 1. The van der Waals surface area contributed by atoms with Crippen molar-refractivity contribution in [3.63, 3.8) is 0 Å². The zero-order valence-corrected chi connectivity index (χ0v) is 15.4. The second-order valence-corrected chi connectivity index (χ2v) is 6.46. The van der Waals surface area contributed by atoms with Crippen molar-refractivity contribution in [3.05, 3.63) is 93.9 Å². The average Bonchev–Trinajstić information content (AvgIpc) is 3.10. The highest BCUT2D eigenvalue weighted by atomic mass is 16.4. The summed E-state index contributed by atoms with van der Waals surface area (Å²) in [7, 11) is 0. The molecule has 0 saturated carbocycles. The van der Waals surface area contributed by atoms with Crippen LogP contribution in [0, 0.1) is 13.8 Å². The molecule has 0 aliphatic heterocycles. The van der Waals surface area contributed by atoms with E-state index in [9.17, 15) is 9.59 Å². The molecule has 0 N–H and O–H groups in total. The number of aromatic nitrogens is 1. The summed E-state index contributed by atoms with van der Waals surface area (Å²) in [6.45, 7) is 3.58. The summed E-state index contributed by atoms with van der Waals surface area (Å²) in [4.78, 5) is 29.3. The molecule has 4 aromatic rings. The molecule has 5 nitrogen and oxygen atoms in total. The molecule has 0 radical (unpaired) electrons. The van der Waals surface area contributed by atoms with Crippen LogP contribution in [0.5, 0.6) is 0 Å². The normalized spacial score (nSPS) is 11.4. The van der Waals surface area contributed by atoms with Crippen molar-refractivity contribution in [2.24, 2.45) is 0 Å². The number of ketones is 1. The maximum absolute atomic E-state index is 12.5. The third-order valence-electron chi connectivity index (χ3n) is 4.43. The second kappa shape index (κ2) is 7.12. The highest BCUT2D eigenvalue weighted by molar-refractivity contribution is 6.07. The van der Waals surface area contributed by atoms with Crippen molar-refractivity contribution in [2.45, 2.75) is 13.8 Å². The predicted octanol–water partition coefficient (Wildman–Crippen LogP) is 4.96. The number of furan rings is 1. The number of hydrogen-bond acceptors (Lipinski definition) is 5. The van der Waals surface area contributed by atoms with Crippen LogP contribution in [0.3, 0.4) is 0 Å². The lowest BCUT2D eigenvalue weighted by molar-refractivity contribution is 0.104. The number of aryl methyl sites for hydroxylation is 2. The van der Waals surface area contributed by atoms with E-state index in [1.165, 1.54) is 6.08 Å². The molecule has 4 rings (SSSR count). The molecule has 0 amide bonds. The molecule has 3 aromatic heterocycles. The molecular weight excluding hydrogens is 354 g/mol. The maximum atomic E-state index is 12.5. The lowest BCUT2D eigenvalue weighted by Gasteiger charge is -2.06. The fourth-order valence-corrected chi connectivity index (χ4v) is 3.00. The van der Waals surface area contributed by atoms with Crippen molar-refractivity contribution in [1.82, 2.24) is 4.98 Å². The molecule has 0 spiro atoms. The minimum absolute atomic E-state index is 0.184. The number of carbonyl (C=O) groups excluding carboxylic acids is 1. The van der Waals surface area contributed by atoms with E-state index in [-0.39, 0.29) is 5.78 Å². The first kappa shape index (κ1) is 17.7. The van der Waals surface area contributed by atoms with Gasteiger partial charge in [-0.1, -0.05) is 18.2 Å². The van der Waals surface area contributed by atoms with Crippen LogP contribution in [-0.4, -0.2) is 10.8 Å². The van der Waals surface area contributed by atoms with Gasteiger partial charge in [-0.2, -0.15) is 0 Å². The number of hydrogen-bond donors (Lipinski definition) is 0. The Morgan fingerprint density at radius 2 is 1.82 bits per heavy atom. The van der Waals surface area contributed by atoms with Gasteiger partial charge < -0.3 is 8.83 Å². The molecule has 0 bridgehead atoms. The summed E-state index contributed by atoms with van der Waals surface area (Å²) in [6.07, 6.45) is 3.08. The Kier molecular flexibility index (Phi) is 4.49. The number of para-hydroxylation sites is 1. The number of benzene rings is 1. The summed E-state index contributed by atoms with van der Waals surface area (Å²) in [5.74, 6) is 1.21. The van der Waals surface area contributed by atoms with Crippen molar-refractivity contribution in [1.29, 1.82) is 0 Å². The molecule has 5 heteroatoms. The van der Waals surface area contributed by atoms with Crippen LogP contribution in [0.1, 0.15) is 27.6 Å². The first-order valence-electron chi connectivity index (χ1n) is 8.81. The molecule has 3 heterocycles. The monoisotopic (exact) mass is 371 g/mol. The zero-order valence-electron chi connectivity index (χ0n) is 15.4. The Bertz CT molecular complexity index is 1280. The van der Waals surface area contributed by atoms with Gasteiger partial charge in [0.2, 0.25) is 0 Å². The van der Waals surface area contributed by atoms with Crippen LogP contribution >= 0.6 is 0 Å². The van der Waals surface area contributed by atoms with E-state index in [2.05, 4.69) is 4.98 Å². The van der Waals surface area contributed by atoms with E-state index in [1.54, 1.807) is 43.3 Å². The molecule has 0 unspecified atom stereocenters. The van der Waals surface area contributed by atoms with Gasteiger partial charge in [-0.05, 0) is 62.4 Å². The first-order chi connectivity index (χ1) is 13.5. The summed E-state index contributed by atoms with van der Waals surface area (Å²) in [5.41, 5.74) is 1.90. The van der Waals surface area contributed by atoms with Crippen molar-refractivity contribution < 1.29 is 13.6 Å². The van der Waals surface area contributed by atoms with Gasteiger partial charge in [0, 0.05) is 16.6 Å². The smallest absolute Gasteiger partial charge is 0.345 e. The Morgan fingerprint density at radius 1 is 1.00 bits per heavy atom. The van der Waals surface area contributed by atoms with Gasteiger partial charge in [0.25, 0.3) is 0 Å². The van der Waals surface area contributed by atoms with E-state index >= 15 is 0 Å². The fourth-order valence-electron chi connectivity index (χ4n) is 3.00. The predicted molar refractivity (Wildman–Crippen MR) is 107 cm³/mol. The van der Waals surface area contributed by atoms with E-state index in [1.807, 2.05) is 31.2 Å². The Balaban J connectivity index is 1.66. The van der Waals surface area contributed by atoms with Crippen LogP contribution < -0.4 is 5.63 Å². The van der Waals surface area contributed by atoms with Crippen molar-refractivity contribution in [2.75, 3.05) is 0 Å². The van der Waals surface area contributed by atoms with Gasteiger partial charge in [-0.3, -0.25) is 9.78 Å². The molecule has 28 heavy (non-hydrogen) atoms. The van der Waals surface area contributed by atoms with Gasteiger partial charge in [0.15, 0.2) is 5.78 Å². The first-order valence-corrected chi connectivity index (χ1v) is 8.81. The van der Waals surface area contributed by atoms with Crippen LogP contribution in [-0.2, 0) is 0 Å². The topological polar surface area (TPSA) is 73.3 Å². The standard InChI is InChI=1S/C23H17NO4/c1-14-7-8-17(27-14)9-12-21(25)18-10-11-20(24-15(18)2)19-13-16-5-3-4-6-22(16)28-23(19)26/h3-13H,1-2H3/b12-9+. The van der Waals surface area contributed by atoms with Crippen LogP contribution in [0.4, 0.5) is 0 Å². The Hall–Kier alpha value is -3.73. The van der Waals surface area contributed by atoms with Gasteiger partial charge in [0.05, 0.1) is 11.3 Å². The van der Waals surface area contributed by atoms with E-state index in [0.717, 1.165) is 11.1 Å². The maximum Gasteiger partial charge on any atom is 0.345 e. The molecule has 0 aliphatic carbocycles. The summed E-state index contributed by atoms with van der Waals surface area (Å²) in [5, 5.41) is 0.813. The highest BCUT2D eigenvalue weighted by Crippen LogP contribution is 2.21. The van der Waals surface area contributed by atoms with Gasteiger partial charge in [0.1, 0.15) is 17.1 Å². The van der Waals surface area contributed by atoms with E-state index in [4.69, 9.17) is 8.83 Å². The molecule has 0 atom stereocenters. The second-order valence-electron chi connectivity index (χ2n) is 6.46. The minimum Gasteiger partial charge on any atom is -0.462 e.